The van der Waals surface area contributed by atoms with Gasteiger partial charge >= 0.3 is 0 Å². The summed E-state index contributed by atoms with van der Waals surface area (Å²) in [7, 11) is -4.66. The number of benzene rings is 3. The minimum absolute atomic E-state index is 0.0151. The Bertz CT molecular complexity index is 2820. The van der Waals surface area contributed by atoms with Crippen molar-refractivity contribution in [3.63, 3.8) is 0 Å². The number of H-pyrrole nitrogens is 1. The summed E-state index contributed by atoms with van der Waals surface area (Å²) >= 11 is 0. The minimum Gasteiger partial charge on any atom is -0.475 e. The standard InChI is InChI=1S/C51H60FN7O8S/c1-3-66-49-46(27-40-41(52)29-54-47(40)55-49)67-45-25-34(57-23-21-51(22-24-57)30-58(31-51)43-10-6-9-38(43)37-8-5-4-7-36(37)33-11-12-33)13-15-39(45)48(60)56-68(64,65)35-14-16-42(44(26-35)59(62)63)53-28-32-17-19-50(2,61)20-18-32/h4-5,7-8,13-16,25-27,29,32-33,38,43,53,61H,3,6,9-12,17-24,28,30-31H2,1-2H3,(H,54,55)(H,56,60)/t32-,38-,43-,50-/m0/s1. The number of pyridine rings is 1. The van der Waals surface area contributed by atoms with Crippen LogP contribution >= 0.6 is 0 Å². The molecule has 68 heavy (non-hydrogen) atoms. The normalized spacial score (nSPS) is 23.9. The highest BCUT2D eigenvalue weighted by Crippen LogP contribution is 2.51. The Labute approximate surface area is 396 Å². The number of halogens is 1. The van der Waals surface area contributed by atoms with Crippen LogP contribution in [0.4, 0.5) is 21.5 Å². The van der Waals surface area contributed by atoms with Gasteiger partial charge in [0.25, 0.3) is 27.5 Å². The highest BCUT2D eigenvalue weighted by Gasteiger charge is 2.50. The third kappa shape index (κ3) is 9.36. The van der Waals surface area contributed by atoms with E-state index < -0.39 is 42.9 Å². The van der Waals surface area contributed by atoms with E-state index >= 15 is 0 Å². The second-order valence-corrected chi connectivity index (χ2v) is 21.8. The second kappa shape index (κ2) is 18.3. The molecule has 10 rings (SSSR count). The van der Waals surface area contributed by atoms with Crippen LogP contribution < -0.4 is 24.4 Å². The zero-order valence-electron chi connectivity index (χ0n) is 38.6. The Morgan fingerprint density at radius 1 is 0.971 bits per heavy atom. The molecule has 3 saturated carbocycles. The number of nitro benzene ring substituents is 1. The van der Waals surface area contributed by atoms with Crippen LogP contribution in [0.2, 0.25) is 0 Å². The van der Waals surface area contributed by atoms with E-state index in [-0.39, 0.29) is 57.6 Å². The van der Waals surface area contributed by atoms with Crippen molar-refractivity contribution in [2.24, 2.45) is 11.3 Å². The van der Waals surface area contributed by atoms with Gasteiger partial charge in [0, 0.05) is 68.8 Å². The summed E-state index contributed by atoms with van der Waals surface area (Å²) in [6, 6.07) is 19.5. The van der Waals surface area contributed by atoms with Crippen LogP contribution in [0, 0.1) is 27.3 Å². The van der Waals surface area contributed by atoms with Crippen molar-refractivity contribution in [2.75, 3.05) is 49.5 Å². The molecular weight excluding hydrogens is 890 g/mol. The van der Waals surface area contributed by atoms with Crippen molar-refractivity contribution < 1.29 is 37.1 Å². The van der Waals surface area contributed by atoms with Gasteiger partial charge < -0.3 is 29.8 Å². The summed E-state index contributed by atoms with van der Waals surface area (Å²) in [4.78, 5) is 37.4. The van der Waals surface area contributed by atoms with Gasteiger partial charge in [-0.2, -0.15) is 4.98 Å². The number of anilines is 2. The van der Waals surface area contributed by atoms with Crippen LogP contribution in [0.1, 0.15) is 118 Å². The van der Waals surface area contributed by atoms with Gasteiger partial charge in [-0.15, -0.1) is 0 Å². The largest absolute Gasteiger partial charge is 0.475 e. The van der Waals surface area contributed by atoms with Crippen molar-refractivity contribution in [3.8, 4) is 17.4 Å². The van der Waals surface area contributed by atoms with E-state index in [9.17, 15) is 32.8 Å². The van der Waals surface area contributed by atoms with Gasteiger partial charge in [-0.05, 0) is 137 Å². The molecule has 2 aromatic heterocycles. The molecule has 360 valence electrons. The Morgan fingerprint density at radius 3 is 2.44 bits per heavy atom. The highest BCUT2D eigenvalue weighted by molar-refractivity contribution is 7.90. The van der Waals surface area contributed by atoms with Gasteiger partial charge in [-0.3, -0.25) is 19.8 Å². The molecule has 4 N–H and O–H groups in total. The molecule has 0 radical (unpaired) electrons. The number of aliphatic hydroxyl groups is 1. The summed E-state index contributed by atoms with van der Waals surface area (Å²) in [6.45, 7) is 7.87. The molecule has 2 aliphatic heterocycles. The number of piperidine rings is 1. The molecular formula is C51H60FN7O8S. The zero-order chi connectivity index (χ0) is 47.4. The number of hydrogen-bond donors (Lipinski definition) is 4. The molecule has 5 aliphatic rings. The fourth-order valence-electron chi connectivity index (χ4n) is 11.3. The number of carbonyl (C=O) groups is 1. The highest BCUT2D eigenvalue weighted by atomic mass is 32.2. The van der Waals surface area contributed by atoms with Crippen LogP contribution in [0.5, 0.6) is 17.4 Å². The lowest BCUT2D eigenvalue weighted by molar-refractivity contribution is -0.384. The molecule has 2 atom stereocenters. The third-order valence-electron chi connectivity index (χ3n) is 15.4. The first-order valence-corrected chi connectivity index (χ1v) is 25.7. The Kier molecular flexibility index (Phi) is 12.4. The third-order valence-corrected chi connectivity index (χ3v) is 16.7. The van der Waals surface area contributed by atoms with Crippen LogP contribution in [0.15, 0.2) is 77.8 Å². The number of aromatic amines is 1. The van der Waals surface area contributed by atoms with Crippen LogP contribution in [-0.2, 0) is 10.0 Å². The molecule has 5 fully saturated rings. The second-order valence-electron chi connectivity index (χ2n) is 20.1. The maximum Gasteiger partial charge on any atom is 0.293 e. The maximum absolute atomic E-state index is 14.9. The number of fused-ring (bicyclic) bond motifs is 1. The molecule has 15 nitrogen and oxygen atoms in total. The fourth-order valence-corrected chi connectivity index (χ4v) is 12.3. The number of likely N-dealkylation sites (tertiary alicyclic amines) is 1. The first kappa shape index (κ1) is 46.0. The van der Waals surface area contributed by atoms with Crippen molar-refractivity contribution in [3.05, 3.63) is 106 Å². The van der Waals surface area contributed by atoms with Gasteiger partial charge in [-0.1, -0.05) is 30.7 Å². The number of hydrogen-bond acceptors (Lipinski definition) is 12. The lowest BCUT2D eigenvalue weighted by Crippen LogP contribution is -2.63. The molecule has 3 aromatic carbocycles. The summed E-state index contributed by atoms with van der Waals surface area (Å²) < 4.78 is 56.9. The molecule has 0 unspecified atom stereocenters. The summed E-state index contributed by atoms with van der Waals surface area (Å²) in [6.07, 6.45) is 12.2. The first-order valence-electron chi connectivity index (χ1n) is 24.2. The molecule has 3 aliphatic carbocycles. The number of sulfonamides is 1. The Hall–Kier alpha value is -5.78. The average molecular weight is 950 g/mol. The molecule has 0 bridgehead atoms. The van der Waals surface area contributed by atoms with E-state index in [1.807, 2.05) is 0 Å². The average Bonchev–Trinajstić information content (AvgIpc) is 3.95. The smallest absolute Gasteiger partial charge is 0.293 e. The van der Waals surface area contributed by atoms with Gasteiger partial charge in [-0.25, -0.2) is 17.5 Å². The van der Waals surface area contributed by atoms with Crippen molar-refractivity contribution in [2.45, 2.75) is 113 Å². The van der Waals surface area contributed by atoms with Crippen LogP contribution in [0.25, 0.3) is 11.0 Å². The molecule has 1 spiro atoms. The first-order chi connectivity index (χ1) is 32.7. The number of nitrogens with zero attached hydrogens (tertiary/aromatic N) is 4. The number of ether oxygens (including phenoxy) is 2. The number of carbonyl (C=O) groups excluding carboxylic acids is 1. The van der Waals surface area contributed by atoms with E-state index in [0.29, 0.717) is 31.3 Å². The van der Waals surface area contributed by atoms with Gasteiger partial charge in [0.1, 0.15) is 22.9 Å². The molecule has 2 saturated heterocycles. The quantitative estimate of drug-likeness (QED) is 0.0575. The van der Waals surface area contributed by atoms with E-state index in [2.05, 4.69) is 54.1 Å². The predicted molar refractivity (Wildman–Crippen MR) is 257 cm³/mol. The van der Waals surface area contributed by atoms with E-state index in [0.717, 1.165) is 69.5 Å². The minimum atomic E-state index is -4.66. The molecule has 1 amide bonds. The van der Waals surface area contributed by atoms with Crippen molar-refractivity contribution >= 4 is 44.0 Å². The number of nitrogens with one attached hydrogen (secondary N) is 3. The van der Waals surface area contributed by atoms with Gasteiger partial charge in [0.2, 0.25) is 0 Å². The summed E-state index contributed by atoms with van der Waals surface area (Å²) in [5, 5.41) is 25.8. The molecule has 17 heteroatoms. The van der Waals surface area contributed by atoms with Crippen molar-refractivity contribution in [1.82, 2.24) is 19.6 Å². The zero-order valence-corrected chi connectivity index (χ0v) is 39.5. The fraction of sp³-hybridized carbons (Fsp3) is 0.490. The monoisotopic (exact) mass is 949 g/mol. The van der Waals surface area contributed by atoms with Gasteiger partial charge in [0.15, 0.2) is 5.75 Å². The lowest BCUT2D eigenvalue weighted by atomic mass is 9.70. The van der Waals surface area contributed by atoms with E-state index in [4.69, 9.17) is 9.47 Å². The molecule has 4 heterocycles. The predicted octanol–water partition coefficient (Wildman–Crippen LogP) is 9.39. The molecule has 5 aromatic rings. The SMILES string of the molecule is CCOc1nc2[nH]cc(F)c2cc1Oc1cc(N2CCC3(CC2)CN([C@H]2CCC[C@H]2c2ccccc2C2CC2)C3)ccc1C(=O)NS(=O)(=O)c1ccc(NC[C@H]2CC[C@](C)(O)CC2)c([N+](=O)[O-])c1. The summed E-state index contributed by atoms with van der Waals surface area (Å²) in [5.74, 6) is -0.0790. The lowest BCUT2D eigenvalue weighted by Gasteiger charge is -2.57. The van der Waals surface area contributed by atoms with E-state index in [1.165, 1.54) is 62.6 Å². The number of aromatic nitrogens is 2. The number of nitro groups is 1. The van der Waals surface area contributed by atoms with Crippen LogP contribution in [-0.4, -0.2) is 90.2 Å². The summed E-state index contributed by atoms with van der Waals surface area (Å²) in [5.41, 5.74) is 3.16. The van der Waals surface area contributed by atoms with Gasteiger partial charge in [0.05, 0.1) is 33.0 Å². The Morgan fingerprint density at radius 2 is 1.72 bits per heavy atom. The maximum atomic E-state index is 14.9. The Balaban J connectivity index is 0.869. The number of rotatable bonds is 15. The number of amides is 1. The van der Waals surface area contributed by atoms with Crippen molar-refractivity contribution in [1.29, 1.82) is 0 Å². The van der Waals surface area contributed by atoms with Crippen LogP contribution in [0.3, 0.4) is 0 Å². The topological polar surface area (TPSA) is 192 Å². The van der Waals surface area contributed by atoms with E-state index in [1.54, 1.807) is 37.1 Å².